The molecule has 64 heavy (non-hydrogen) atoms. The number of hydrogen-bond donors (Lipinski definition) is 0. The monoisotopic (exact) mass is 833 g/mol. The molecular formula is C58H35N5S. The largest absolute Gasteiger partial charge is 0.309 e. The summed E-state index contributed by atoms with van der Waals surface area (Å²) < 4.78 is 7.23. The Balaban J connectivity index is 1.03. The molecule has 3 aliphatic rings. The fourth-order valence-electron chi connectivity index (χ4n) is 11.2. The molecule has 2 atom stereocenters. The first-order chi connectivity index (χ1) is 31.8. The van der Waals surface area contributed by atoms with Gasteiger partial charge < -0.3 is 9.13 Å². The van der Waals surface area contributed by atoms with E-state index >= 15 is 0 Å². The van der Waals surface area contributed by atoms with Gasteiger partial charge in [0.2, 0.25) is 5.95 Å². The number of fused-ring (bicyclic) bond motifs is 17. The number of para-hydroxylation sites is 5. The second kappa shape index (κ2) is 12.8. The van der Waals surface area contributed by atoms with Crippen LogP contribution in [0.5, 0.6) is 0 Å². The van der Waals surface area contributed by atoms with Gasteiger partial charge in [0, 0.05) is 65.9 Å². The molecule has 0 radical (unpaired) electrons. The number of rotatable bonds is 3. The number of benzene rings is 8. The molecule has 2 aliphatic heterocycles. The van der Waals surface area contributed by atoms with Crippen molar-refractivity contribution in [3.05, 3.63) is 206 Å². The SMILES string of the molecule is C1=CC2Sc3c(-c4ccc5c6ccccc6n(-c6ccccc6)c5c4)nc(-n4c5ccccc5c5cc6c(cc54)c4cccc5c4n6-c4ccccc4-c4ccccc4-5)nc3C2C=C1. The Hall–Kier alpha value is -7.93. The first kappa shape index (κ1) is 34.6. The van der Waals surface area contributed by atoms with Crippen LogP contribution in [0, 0.1) is 0 Å². The topological polar surface area (TPSA) is 40.6 Å². The molecule has 298 valence electrons. The summed E-state index contributed by atoms with van der Waals surface area (Å²) in [5.74, 6) is 0.840. The third-order valence-electron chi connectivity index (χ3n) is 13.9. The molecule has 0 fully saturated rings. The average Bonchev–Trinajstić information content (AvgIpc) is 4.07. The summed E-state index contributed by atoms with van der Waals surface area (Å²) in [5.41, 5.74) is 17.4. The molecule has 15 rings (SSSR count). The van der Waals surface area contributed by atoms with Gasteiger partial charge >= 0.3 is 0 Å². The van der Waals surface area contributed by atoms with Crippen LogP contribution in [0.2, 0.25) is 0 Å². The van der Waals surface area contributed by atoms with Crippen LogP contribution in [0.25, 0.3) is 116 Å². The number of aromatic nitrogens is 5. The van der Waals surface area contributed by atoms with Crippen molar-refractivity contribution in [1.82, 2.24) is 23.7 Å². The Morgan fingerprint density at radius 2 is 1.03 bits per heavy atom. The summed E-state index contributed by atoms with van der Waals surface area (Å²) in [6, 6.07) is 64.5. The maximum Gasteiger partial charge on any atom is 0.235 e. The first-order valence-electron chi connectivity index (χ1n) is 22.0. The van der Waals surface area contributed by atoms with E-state index in [0.29, 0.717) is 5.95 Å². The number of nitrogens with zero attached hydrogens (tertiary/aromatic N) is 5. The zero-order chi connectivity index (χ0) is 41.6. The fraction of sp³-hybridized carbons (Fsp3) is 0.0345. The molecule has 0 N–H and O–H groups in total. The van der Waals surface area contributed by atoms with E-state index in [2.05, 4.69) is 214 Å². The minimum atomic E-state index is 0.148. The van der Waals surface area contributed by atoms with Crippen molar-refractivity contribution in [3.8, 4) is 50.8 Å². The molecule has 0 bridgehead atoms. The van der Waals surface area contributed by atoms with Crippen molar-refractivity contribution in [3.63, 3.8) is 0 Å². The van der Waals surface area contributed by atoms with Crippen molar-refractivity contribution >= 4 is 77.2 Å². The van der Waals surface area contributed by atoms with E-state index in [4.69, 9.17) is 9.97 Å². The van der Waals surface area contributed by atoms with Gasteiger partial charge in [-0.15, -0.1) is 11.8 Å². The molecule has 1 aliphatic carbocycles. The molecule has 0 spiro atoms. The predicted molar refractivity (Wildman–Crippen MR) is 266 cm³/mol. The van der Waals surface area contributed by atoms with Crippen LogP contribution in [0.3, 0.4) is 0 Å². The Bertz CT molecular complexity index is 4070. The van der Waals surface area contributed by atoms with Gasteiger partial charge in [-0.25, -0.2) is 9.97 Å². The molecule has 4 aromatic heterocycles. The minimum absolute atomic E-state index is 0.148. The third kappa shape index (κ3) is 4.59. The number of hydrogen-bond acceptors (Lipinski definition) is 3. The lowest BCUT2D eigenvalue weighted by molar-refractivity contribution is 0.810. The molecule has 0 amide bonds. The highest BCUT2D eigenvalue weighted by atomic mass is 32.2. The normalized spacial score (nSPS) is 15.9. The Morgan fingerprint density at radius 3 is 1.88 bits per heavy atom. The lowest BCUT2D eigenvalue weighted by Crippen LogP contribution is -2.11. The molecule has 6 heterocycles. The van der Waals surface area contributed by atoms with E-state index in [1.807, 2.05) is 11.8 Å². The minimum Gasteiger partial charge on any atom is -0.309 e. The van der Waals surface area contributed by atoms with E-state index in [9.17, 15) is 0 Å². The van der Waals surface area contributed by atoms with Gasteiger partial charge in [0.1, 0.15) is 0 Å². The molecular weight excluding hydrogens is 799 g/mol. The van der Waals surface area contributed by atoms with Crippen LogP contribution in [0.1, 0.15) is 11.6 Å². The van der Waals surface area contributed by atoms with Gasteiger partial charge in [-0.1, -0.05) is 152 Å². The third-order valence-corrected chi connectivity index (χ3v) is 15.3. The van der Waals surface area contributed by atoms with Crippen molar-refractivity contribution in [1.29, 1.82) is 0 Å². The second-order valence-electron chi connectivity index (χ2n) is 17.2. The molecule has 12 aromatic rings. The Labute approximate surface area is 371 Å². The summed E-state index contributed by atoms with van der Waals surface area (Å²) in [4.78, 5) is 12.5. The highest BCUT2D eigenvalue weighted by molar-refractivity contribution is 8.00. The summed E-state index contributed by atoms with van der Waals surface area (Å²) in [7, 11) is 0. The molecule has 0 saturated heterocycles. The van der Waals surface area contributed by atoms with E-state index in [0.717, 1.165) is 44.1 Å². The van der Waals surface area contributed by atoms with Gasteiger partial charge in [0.05, 0.1) is 55.1 Å². The van der Waals surface area contributed by atoms with Gasteiger partial charge in [0.25, 0.3) is 0 Å². The number of thioether (sulfide) groups is 1. The lowest BCUT2D eigenvalue weighted by atomic mass is 9.94. The smallest absolute Gasteiger partial charge is 0.235 e. The van der Waals surface area contributed by atoms with Crippen molar-refractivity contribution < 1.29 is 0 Å². The van der Waals surface area contributed by atoms with Crippen LogP contribution in [-0.4, -0.2) is 28.9 Å². The van der Waals surface area contributed by atoms with Crippen LogP contribution in [0.15, 0.2) is 205 Å². The highest BCUT2D eigenvalue weighted by Gasteiger charge is 2.37. The summed E-state index contributed by atoms with van der Waals surface area (Å²) >= 11 is 1.89. The molecule has 0 saturated carbocycles. The van der Waals surface area contributed by atoms with Crippen LogP contribution in [-0.2, 0) is 0 Å². The van der Waals surface area contributed by atoms with Crippen LogP contribution >= 0.6 is 11.8 Å². The number of allylic oxidation sites excluding steroid dienone is 3. The van der Waals surface area contributed by atoms with E-state index in [-0.39, 0.29) is 11.2 Å². The second-order valence-corrected chi connectivity index (χ2v) is 18.4. The first-order valence-corrected chi connectivity index (χ1v) is 22.9. The van der Waals surface area contributed by atoms with Crippen LogP contribution in [0.4, 0.5) is 0 Å². The summed E-state index contributed by atoms with van der Waals surface area (Å²) in [6.07, 6.45) is 9.00. The van der Waals surface area contributed by atoms with Crippen molar-refractivity contribution in [2.45, 2.75) is 16.1 Å². The summed E-state index contributed by atoms with van der Waals surface area (Å²) in [5, 5.41) is 7.51. The Morgan fingerprint density at radius 1 is 0.422 bits per heavy atom. The molecule has 6 heteroatoms. The molecule has 2 unspecified atom stereocenters. The molecule has 5 nitrogen and oxygen atoms in total. The standard InChI is InChI=1S/C58H35N5S/c1-2-15-35(16-3-1)61-47-25-10-7-20-39(47)41-30-29-34(31-50(41)61)54-57-55(44-22-9-13-28-53(44)64-57)60-58(59-54)63-49-27-12-8-21-40(49)45-32-51-46(33-52(45)63)43-24-14-23-42-37-18-5-4-17-36(37)38-19-6-11-26-48(38)62(51)56(42)43/h1-33,44,53H. The predicted octanol–water partition coefficient (Wildman–Crippen LogP) is 14.8. The zero-order valence-electron chi connectivity index (χ0n) is 34.4. The van der Waals surface area contributed by atoms with Crippen molar-refractivity contribution in [2.75, 3.05) is 0 Å². The molecule has 8 aromatic carbocycles. The summed E-state index contributed by atoms with van der Waals surface area (Å²) in [6.45, 7) is 0. The van der Waals surface area contributed by atoms with Crippen LogP contribution < -0.4 is 0 Å². The fourth-order valence-corrected chi connectivity index (χ4v) is 12.6. The zero-order valence-corrected chi connectivity index (χ0v) is 35.2. The van der Waals surface area contributed by atoms with E-state index in [1.54, 1.807) is 0 Å². The van der Waals surface area contributed by atoms with Gasteiger partial charge in [0.15, 0.2) is 0 Å². The van der Waals surface area contributed by atoms with Gasteiger partial charge in [-0.2, -0.15) is 0 Å². The quantitative estimate of drug-likeness (QED) is 0.178. The van der Waals surface area contributed by atoms with E-state index < -0.39 is 0 Å². The van der Waals surface area contributed by atoms with E-state index in [1.165, 1.54) is 76.8 Å². The average molecular weight is 834 g/mol. The lowest BCUT2D eigenvalue weighted by Gasteiger charge is -2.15. The maximum absolute atomic E-state index is 5.70. The maximum atomic E-state index is 5.70. The highest BCUT2D eigenvalue weighted by Crippen LogP contribution is 2.52. The van der Waals surface area contributed by atoms with Gasteiger partial charge in [-0.05, 0) is 59.7 Å². The van der Waals surface area contributed by atoms with Gasteiger partial charge in [-0.3, -0.25) is 4.57 Å². The van der Waals surface area contributed by atoms with Crippen molar-refractivity contribution in [2.24, 2.45) is 0 Å². The Kier molecular flexibility index (Phi) is 6.94.